The molecule has 0 fully saturated rings. The third kappa shape index (κ3) is 3.17. The molecule has 0 bridgehead atoms. The summed E-state index contributed by atoms with van der Waals surface area (Å²) in [7, 11) is 0. The van der Waals surface area contributed by atoms with E-state index in [0.29, 0.717) is 0 Å². The van der Waals surface area contributed by atoms with Gasteiger partial charge in [0.15, 0.2) is 0 Å². The molecule has 0 radical (unpaired) electrons. The van der Waals surface area contributed by atoms with Crippen LogP contribution in [0.4, 0.5) is 0 Å². The third-order valence-electron chi connectivity index (χ3n) is 3.68. The topological polar surface area (TPSA) is 0 Å². The first kappa shape index (κ1) is 14.6. The first-order valence-corrected chi connectivity index (χ1v) is 16.9. The molecule has 0 aliphatic carbocycles. The molecule has 0 aromatic heterocycles. The Bertz CT molecular complexity index is 865. The van der Waals surface area contributed by atoms with E-state index in [2.05, 4.69) is 84.9 Å². The first-order valence-electron chi connectivity index (χ1n) is 7.21. The Morgan fingerprint density at radius 2 is 0.818 bits per heavy atom. The maximum atomic E-state index is 2.41. The molecule has 106 valence electrons. The summed E-state index contributed by atoms with van der Waals surface area (Å²) >= 11 is -0.0956. The summed E-state index contributed by atoms with van der Waals surface area (Å²) in [6.45, 7) is 0. The Morgan fingerprint density at radius 1 is 0.409 bits per heavy atom. The van der Waals surface area contributed by atoms with Gasteiger partial charge in [0.2, 0.25) is 0 Å². The van der Waals surface area contributed by atoms with Crippen LogP contribution in [0.2, 0.25) is 0 Å². The molecule has 4 aromatic carbocycles. The van der Waals surface area contributed by atoms with Gasteiger partial charge in [-0.2, -0.15) is 0 Å². The molecule has 0 heterocycles. The summed E-state index contributed by atoms with van der Waals surface area (Å²) < 4.78 is 3.19. The average Bonchev–Trinajstić information content (AvgIpc) is 2.59. The molecule has 0 nitrogen and oxygen atoms in total. The molecular formula is C20H14Te2. The van der Waals surface area contributed by atoms with Crippen molar-refractivity contribution in [3.63, 3.8) is 0 Å². The Morgan fingerprint density at radius 3 is 1.27 bits per heavy atom. The fraction of sp³-hybridized carbons (Fsp3) is 0. The van der Waals surface area contributed by atoms with Crippen molar-refractivity contribution in [2.24, 2.45) is 0 Å². The third-order valence-corrected chi connectivity index (χ3v) is 15.4. The van der Waals surface area contributed by atoms with Gasteiger partial charge in [-0.25, -0.2) is 0 Å². The average molecular weight is 510 g/mol. The van der Waals surface area contributed by atoms with Crippen LogP contribution < -0.4 is 7.22 Å². The van der Waals surface area contributed by atoms with E-state index < -0.39 is 0 Å². The fourth-order valence-corrected chi connectivity index (χ4v) is 12.4. The molecular weight excluding hydrogens is 495 g/mol. The molecule has 0 saturated carbocycles. The van der Waals surface area contributed by atoms with Gasteiger partial charge in [0.1, 0.15) is 0 Å². The van der Waals surface area contributed by atoms with Crippen molar-refractivity contribution in [1.82, 2.24) is 0 Å². The summed E-state index contributed by atoms with van der Waals surface area (Å²) in [5.41, 5.74) is 0. The number of hydrogen-bond donors (Lipinski definition) is 0. The van der Waals surface area contributed by atoms with E-state index in [4.69, 9.17) is 0 Å². The van der Waals surface area contributed by atoms with E-state index in [1.54, 1.807) is 7.22 Å². The van der Waals surface area contributed by atoms with Gasteiger partial charge >= 0.3 is 148 Å². The SMILES string of the molecule is c1ccc2cc([Te][Te]c3ccc4ccccc4c3)ccc2c1. The van der Waals surface area contributed by atoms with Crippen LogP contribution in [-0.4, -0.2) is 34.1 Å². The number of hydrogen-bond acceptors (Lipinski definition) is 0. The molecule has 0 saturated heterocycles. The van der Waals surface area contributed by atoms with E-state index in [1.807, 2.05) is 0 Å². The summed E-state index contributed by atoms with van der Waals surface area (Å²) in [5, 5.41) is 5.47. The number of fused-ring (bicyclic) bond motifs is 2. The molecule has 0 amide bonds. The Labute approximate surface area is 146 Å². The van der Waals surface area contributed by atoms with Crippen LogP contribution in [0.1, 0.15) is 0 Å². The van der Waals surface area contributed by atoms with Gasteiger partial charge in [-0.1, -0.05) is 0 Å². The van der Waals surface area contributed by atoms with E-state index in [1.165, 1.54) is 21.5 Å². The van der Waals surface area contributed by atoms with Crippen LogP contribution in [0.25, 0.3) is 21.5 Å². The van der Waals surface area contributed by atoms with E-state index >= 15 is 0 Å². The molecule has 0 N–H and O–H groups in total. The maximum absolute atomic E-state index is 2.41. The van der Waals surface area contributed by atoms with Crippen molar-refractivity contribution >= 4 is 62.9 Å². The fourth-order valence-electron chi connectivity index (χ4n) is 2.53. The summed E-state index contributed by atoms with van der Waals surface area (Å²) in [4.78, 5) is 0. The standard InChI is InChI=1S/C20H14Te2/c1-3-7-17-13-19(11-9-15(17)5-1)21-22-20-12-10-16-6-2-4-8-18(16)14-20/h1-14H. The van der Waals surface area contributed by atoms with Crippen LogP contribution in [0.3, 0.4) is 0 Å². The zero-order valence-corrected chi connectivity index (χ0v) is 16.6. The summed E-state index contributed by atoms with van der Waals surface area (Å²) in [6.07, 6.45) is 0. The molecule has 0 atom stereocenters. The Balaban J connectivity index is 1.57. The minimum atomic E-state index is -0.0478. The van der Waals surface area contributed by atoms with Crippen LogP contribution in [0.15, 0.2) is 84.9 Å². The van der Waals surface area contributed by atoms with Gasteiger partial charge in [0.05, 0.1) is 0 Å². The Kier molecular flexibility index (Phi) is 4.38. The van der Waals surface area contributed by atoms with Crippen LogP contribution in [0, 0.1) is 0 Å². The van der Waals surface area contributed by atoms with Gasteiger partial charge in [0.25, 0.3) is 0 Å². The molecule has 4 rings (SSSR count). The second kappa shape index (κ2) is 6.62. The van der Waals surface area contributed by atoms with E-state index in [9.17, 15) is 0 Å². The van der Waals surface area contributed by atoms with Crippen LogP contribution in [-0.2, 0) is 0 Å². The predicted molar refractivity (Wildman–Crippen MR) is 98.7 cm³/mol. The minimum absolute atomic E-state index is 0.0478. The molecule has 0 aliphatic heterocycles. The van der Waals surface area contributed by atoms with E-state index in [-0.39, 0.29) is 34.1 Å². The van der Waals surface area contributed by atoms with Gasteiger partial charge in [0, 0.05) is 0 Å². The number of benzene rings is 4. The van der Waals surface area contributed by atoms with Crippen molar-refractivity contribution in [1.29, 1.82) is 0 Å². The Hall–Kier alpha value is -1.02. The van der Waals surface area contributed by atoms with Crippen molar-refractivity contribution in [2.45, 2.75) is 0 Å². The van der Waals surface area contributed by atoms with Crippen molar-refractivity contribution < 1.29 is 0 Å². The molecule has 2 heteroatoms. The summed E-state index contributed by atoms with van der Waals surface area (Å²) in [5.74, 6) is 0. The molecule has 0 unspecified atom stereocenters. The molecule has 22 heavy (non-hydrogen) atoms. The van der Waals surface area contributed by atoms with E-state index in [0.717, 1.165) is 0 Å². The van der Waals surface area contributed by atoms with Crippen LogP contribution in [0.5, 0.6) is 0 Å². The quantitative estimate of drug-likeness (QED) is 0.372. The molecule has 0 aliphatic rings. The van der Waals surface area contributed by atoms with Crippen LogP contribution >= 0.6 is 0 Å². The monoisotopic (exact) mass is 514 g/mol. The summed E-state index contributed by atoms with van der Waals surface area (Å²) in [6, 6.07) is 31.4. The van der Waals surface area contributed by atoms with Gasteiger partial charge < -0.3 is 0 Å². The molecule has 0 spiro atoms. The first-order chi connectivity index (χ1) is 10.9. The van der Waals surface area contributed by atoms with Gasteiger partial charge in [-0.15, -0.1) is 0 Å². The van der Waals surface area contributed by atoms with Gasteiger partial charge in [-0.05, 0) is 0 Å². The van der Waals surface area contributed by atoms with Crippen molar-refractivity contribution in [3.8, 4) is 0 Å². The second-order valence-electron chi connectivity index (χ2n) is 5.18. The van der Waals surface area contributed by atoms with Gasteiger partial charge in [-0.3, -0.25) is 0 Å². The zero-order valence-electron chi connectivity index (χ0n) is 11.9. The normalized spacial score (nSPS) is 11.1. The van der Waals surface area contributed by atoms with Crippen molar-refractivity contribution in [2.75, 3.05) is 0 Å². The molecule has 4 aromatic rings. The zero-order chi connectivity index (χ0) is 14.8. The van der Waals surface area contributed by atoms with Crippen molar-refractivity contribution in [3.05, 3.63) is 84.9 Å². The number of rotatable bonds is 3. The predicted octanol–water partition coefficient (Wildman–Crippen LogP) is 3.27. The second-order valence-corrected chi connectivity index (χ2v) is 15.2.